The molecule has 1 aromatic heterocycles. The first-order valence-corrected chi connectivity index (χ1v) is 8.61. The molecule has 0 aliphatic carbocycles. The monoisotopic (exact) mass is 383 g/mol. The Morgan fingerprint density at radius 1 is 1.22 bits per heavy atom. The van der Waals surface area contributed by atoms with Gasteiger partial charge in [0.1, 0.15) is 18.2 Å². The standard InChI is InChI=1S/C19H15ClFN5O/c1-11-16(18(27)25-13-8-6-12(20)7-9-13)17(14-4-2-3-5-15(14)21)26-19(24-11)22-10-23-26/h2-10,17H,1H3,(H,25,27)(H,22,23,24)/t17-/m1/s1. The largest absolute Gasteiger partial charge is 0.328 e. The zero-order valence-corrected chi connectivity index (χ0v) is 15.0. The SMILES string of the molecule is CC1=C(C(=O)Nc2ccc(Cl)cc2)[C@@H](c2ccccc2F)n2ncnc2N1. The van der Waals surface area contributed by atoms with E-state index in [0.29, 0.717) is 33.5 Å². The van der Waals surface area contributed by atoms with E-state index in [0.717, 1.165) is 0 Å². The second-order valence-corrected chi connectivity index (χ2v) is 6.51. The third-order valence-corrected chi connectivity index (χ3v) is 4.59. The van der Waals surface area contributed by atoms with Crippen LogP contribution in [0.1, 0.15) is 18.5 Å². The van der Waals surface area contributed by atoms with Crippen LogP contribution in [0.4, 0.5) is 16.0 Å². The van der Waals surface area contributed by atoms with Gasteiger partial charge >= 0.3 is 0 Å². The van der Waals surface area contributed by atoms with Gasteiger partial charge in [0.2, 0.25) is 5.95 Å². The van der Waals surface area contributed by atoms with E-state index in [1.54, 1.807) is 49.4 Å². The molecule has 0 saturated heterocycles. The van der Waals surface area contributed by atoms with Gasteiger partial charge in [-0.05, 0) is 37.3 Å². The molecule has 0 bridgehead atoms. The molecule has 0 unspecified atom stereocenters. The minimum atomic E-state index is -0.739. The number of halogens is 2. The number of hydrogen-bond donors (Lipinski definition) is 2. The van der Waals surface area contributed by atoms with Gasteiger partial charge in [-0.15, -0.1) is 0 Å². The van der Waals surface area contributed by atoms with Crippen molar-refractivity contribution in [3.63, 3.8) is 0 Å². The van der Waals surface area contributed by atoms with Crippen LogP contribution in [0.5, 0.6) is 0 Å². The van der Waals surface area contributed by atoms with Gasteiger partial charge in [-0.25, -0.2) is 9.07 Å². The van der Waals surface area contributed by atoms with Crippen LogP contribution in [0.3, 0.4) is 0 Å². The number of nitrogens with zero attached hydrogens (tertiary/aromatic N) is 3. The van der Waals surface area contributed by atoms with Crippen molar-refractivity contribution in [2.45, 2.75) is 13.0 Å². The third kappa shape index (κ3) is 3.17. The molecule has 4 rings (SSSR count). The number of amides is 1. The number of hydrogen-bond acceptors (Lipinski definition) is 4. The summed E-state index contributed by atoms with van der Waals surface area (Å²) in [4.78, 5) is 17.2. The summed E-state index contributed by atoms with van der Waals surface area (Å²) in [5.74, 6) is -0.337. The summed E-state index contributed by atoms with van der Waals surface area (Å²) in [6.07, 6.45) is 1.36. The van der Waals surface area contributed by atoms with E-state index >= 15 is 0 Å². The van der Waals surface area contributed by atoms with Crippen molar-refractivity contribution in [3.8, 4) is 0 Å². The van der Waals surface area contributed by atoms with E-state index in [-0.39, 0.29) is 5.91 Å². The third-order valence-electron chi connectivity index (χ3n) is 4.34. The molecule has 136 valence electrons. The van der Waals surface area contributed by atoms with Crippen LogP contribution >= 0.6 is 11.6 Å². The molecule has 3 aromatic rings. The summed E-state index contributed by atoms with van der Waals surface area (Å²) in [5, 5.41) is 10.6. The lowest BCUT2D eigenvalue weighted by Crippen LogP contribution is -2.32. The highest BCUT2D eigenvalue weighted by atomic mass is 35.5. The van der Waals surface area contributed by atoms with Gasteiger partial charge in [-0.1, -0.05) is 29.8 Å². The van der Waals surface area contributed by atoms with Crippen molar-refractivity contribution >= 4 is 29.1 Å². The number of nitrogens with one attached hydrogen (secondary N) is 2. The average Bonchev–Trinajstić information content (AvgIpc) is 3.11. The van der Waals surface area contributed by atoms with E-state index in [2.05, 4.69) is 20.7 Å². The number of carbonyl (C=O) groups excluding carboxylic acids is 1. The van der Waals surface area contributed by atoms with E-state index in [9.17, 15) is 9.18 Å². The summed E-state index contributed by atoms with van der Waals surface area (Å²) in [6.45, 7) is 1.75. The molecular weight excluding hydrogens is 369 g/mol. The fourth-order valence-corrected chi connectivity index (χ4v) is 3.23. The molecular formula is C19H15ClFN5O. The molecule has 2 N–H and O–H groups in total. The second kappa shape index (κ2) is 6.85. The maximum absolute atomic E-state index is 14.6. The van der Waals surface area contributed by atoms with Crippen LogP contribution in [-0.2, 0) is 4.79 Å². The average molecular weight is 384 g/mol. The predicted molar refractivity (Wildman–Crippen MR) is 101 cm³/mol. The first-order chi connectivity index (χ1) is 13.0. The van der Waals surface area contributed by atoms with Crippen molar-refractivity contribution in [3.05, 3.63) is 82.5 Å². The summed E-state index contributed by atoms with van der Waals surface area (Å²) in [6, 6.07) is 12.3. The number of rotatable bonds is 3. The van der Waals surface area contributed by atoms with Gasteiger partial charge in [0.25, 0.3) is 5.91 Å². The maximum Gasteiger partial charge on any atom is 0.255 e. The van der Waals surface area contributed by atoms with Crippen molar-refractivity contribution in [2.24, 2.45) is 0 Å². The van der Waals surface area contributed by atoms with Gasteiger partial charge in [0, 0.05) is 22.0 Å². The summed E-state index contributed by atoms with van der Waals surface area (Å²) in [7, 11) is 0. The quantitative estimate of drug-likeness (QED) is 0.717. The van der Waals surface area contributed by atoms with Crippen molar-refractivity contribution in [1.29, 1.82) is 0 Å². The van der Waals surface area contributed by atoms with Crippen LogP contribution in [0.2, 0.25) is 5.02 Å². The minimum Gasteiger partial charge on any atom is -0.328 e. The Balaban J connectivity index is 1.77. The van der Waals surface area contributed by atoms with Crippen molar-refractivity contribution < 1.29 is 9.18 Å². The molecule has 2 aromatic carbocycles. The highest BCUT2D eigenvalue weighted by molar-refractivity contribution is 6.30. The van der Waals surface area contributed by atoms with Crippen LogP contribution < -0.4 is 10.6 Å². The number of carbonyl (C=O) groups is 1. The van der Waals surface area contributed by atoms with Crippen molar-refractivity contribution in [2.75, 3.05) is 10.6 Å². The predicted octanol–water partition coefficient (Wildman–Crippen LogP) is 4.00. The molecule has 27 heavy (non-hydrogen) atoms. The fourth-order valence-electron chi connectivity index (χ4n) is 3.10. The van der Waals surface area contributed by atoms with Gasteiger partial charge in [-0.3, -0.25) is 4.79 Å². The van der Waals surface area contributed by atoms with E-state index in [4.69, 9.17) is 11.6 Å². The Kier molecular flexibility index (Phi) is 4.37. The Labute approximate surface area is 159 Å². The Morgan fingerprint density at radius 3 is 2.70 bits per heavy atom. The molecule has 0 saturated carbocycles. The van der Waals surface area contributed by atoms with Crippen LogP contribution in [0.25, 0.3) is 0 Å². The second-order valence-electron chi connectivity index (χ2n) is 6.08. The van der Waals surface area contributed by atoms with Crippen LogP contribution in [0, 0.1) is 5.82 Å². The zero-order valence-electron chi connectivity index (χ0n) is 14.3. The molecule has 8 heteroatoms. The Bertz CT molecular complexity index is 1040. The molecule has 0 spiro atoms. The number of benzene rings is 2. The summed E-state index contributed by atoms with van der Waals surface area (Å²) >= 11 is 5.89. The lowest BCUT2D eigenvalue weighted by atomic mass is 9.94. The van der Waals surface area contributed by atoms with Gasteiger partial charge in [0.15, 0.2) is 0 Å². The van der Waals surface area contributed by atoms with Crippen molar-refractivity contribution in [1.82, 2.24) is 14.8 Å². The highest BCUT2D eigenvalue weighted by Gasteiger charge is 2.34. The first-order valence-electron chi connectivity index (χ1n) is 8.23. The fraction of sp³-hybridized carbons (Fsp3) is 0.105. The van der Waals surface area contributed by atoms with E-state index < -0.39 is 11.9 Å². The van der Waals surface area contributed by atoms with E-state index in [1.807, 2.05) is 0 Å². The zero-order chi connectivity index (χ0) is 19.0. The van der Waals surface area contributed by atoms with Crippen LogP contribution in [0.15, 0.2) is 66.1 Å². The number of fused-ring (bicyclic) bond motifs is 1. The smallest absolute Gasteiger partial charge is 0.255 e. The molecule has 2 heterocycles. The molecule has 1 aliphatic heterocycles. The summed E-state index contributed by atoms with van der Waals surface area (Å²) < 4.78 is 16.1. The number of anilines is 2. The molecule has 1 amide bonds. The molecule has 6 nitrogen and oxygen atoms in total. The lowest BCUT2D eigenvalue weighted by Gasteiger charge is -2.28. The first kappa shape index (κ1) is 17.2. The van der Waals surface area contributed by atoms with Gasteiger partial charge in [-0.2, -0.15) is 10.1 Å². The van der Waals surface area contributed by atoms with E-state index in [1.165, 1.54) is 17.1 Å². The van der Waals surface area contributed by atoms with Gasteiger partial charge in [0.05, 0.1) is 5.57 Å². The topological polar surface area (TPSA) is 71.8 Å². The minimum absolute atomic E-state index is 0.339. The maximum atomic E-state index is 14.6. The Morgan fingerprint density at radius 2 is 1.96 bits per heavy atom. The summed E-state index contributed by atoms with van der Waals surface area (Å²) in [5.41, 5.74) is 1.86. The Hall–Kier alpha value is -3.19. The molecule has 1 aliphatic rings. The number of aromatic nitrogens is 3. The van der Waals surface area contributed by atoms with Crippen LogP contribution in [-0.4, -0.2) is 20.7 Å². The molecule has 1 atom stereocenters. The number of allylic oxidation sites excluding steroid dienone is 1. The van der Waals surface area contributed by atoms with Gasteiger partial charge < -0.3 is 10.6 Å². The highest BCUT2D eigenvalue weighted by Crippen LogP contribution is 2.36. The normalized spacial score (nSPS) is 15.9. The molecule has 0 fully saturated rings. The molecule has 0 radical (unpaired) electrons. The lowest BCUT2D eigenvalue weighted by molar-refractivity contribution is -0.113.